The summed E-state index contributed by atoms with van der Waals surface area (Å²) in [7, 11) is 1.77. The molecule has 3 aromatic rings. The van der Waals surface area contributed by atoms with Crippen LogP contribution in [0.25, 0.3) is 10.9 Å². The quantitative estimate of drug-likeness (QED) is 0.773. The van der Waals surface area contributed by atoms with Gasteiger partial charge in [0.2, 0.25) is 5.95 Å². The lowest BCUT2D eigenvalue weighted by Crippen LogP contribution is -2.07. The highest BCUT2D eigenvalue weighted by Crippen LogP contribution is 2.22. The molecule has 0 aliphatic carbocycles. The summed E-state index contributed by atoms with van der Waals surface area (Å²) in [5.74, 6) is 0.935. The molecule has 1 heterocycles. The fourth-order valence-corrected chi connectivity index (χ4v) is 2.28. The highest BCUT2D eigenvalue weighted by molar-refractivity contribution is 5.89. The lowest BCUT2D eigenvalue weighted by atomic mass is 10.1. The first-order chi connectivity index (χ1) is 10.7. The normalized spacial score (nSPS) is 10.7. The Morgan fingerprint density at radius 2 is 2.05 bits per heavy atom. The van der Waals surface area contributed by atoms with E-state index in [2.05, 4.69) is 26.7 Å². The van der Waals surface area contributed by atoms with Gasteiger partial charge in [0.25, 0.3) is 0 Å². The molecule has 0 unspecified atom stereocenters. The van der Waals surface area contributed by atoms with E-state index in [1.54, 1.807) is 13.1 Å². The first kappa shape index (κ1) is 14.3. The topological polar surface area (TPSA) is 49.8 Å². The molecule has 0 saturated heterocycles. The van der Waals surface area contributed by atoms with Crippen LogP contribution in [0.2, 0.25) is 0 Å². The SMILES string of the molecule is CNc1nc(NCc2cc(C)[c]cc2F)c2ccccc2n1. The summed E-state index contributed by atoms with van der Waals surface area (Å²) in [6, 6.07) is 13.7. The van der Waals surface area contributed by atoms with E-state index in [1.807, 2.05) is 31.2 Å². The fourth-order valence-electron chi connectivity index (χ4n) is 2.28. The summed E-state index contributed by atoms with van der Waals surface area (Å²) < 4.78 is 13.8. The Labute approximate surface area is 128 Å². The number of nitrogens with zero attached hydrogens (tertiary/aromatic N) is 2. The lowest BCUT2D eigenvalue weighted by molar-refractivity contribution is 0.612. The first-order valence-electron chi connectivity index (χ1n) is 7.02. The van der Waals surface area contributed by atoms with Crippen LogP contribution < -0.4 is 10.6 Å². The molecule has 0 aliphatic heterocycles. The van der Waals surface area contributed by atoms with E-state index in [0.29, 0.717) is 23.9 Å². The molecule has 22 heavy (non-hydrogen) atoms. The number of halogens is 1. The van der Waals surface area contributed by atoms with E-state index in [1.165, 1.54) is 6.07 Å². The third-order valence-electron chi connectivity index (χ3n) is 3.40. The van der Waals surface area contributed by atoms with Gasteiger partial charge in [-0.2, -0.15) is 4.98 Å². The third-order valence-corrected chi connectivity index (χ3v) is 3.40. The van der Waals surface area contributed by atoms with Crippen LogP contribution in [0.1, 0.15) is 11.1 Å². The first-order valence-corrected chi connectivity index (χ1v) is 7.02. The lowest BCUT2D eigenvalue weighted by Gasteiger charge is -2.11. The van der Waals surface area contributed by atoms with Crippen LogP contribution >= 0.6 is 0 Å². The van der Waals surface area contributed by atoms with E-state index >= 15 is 0 Å². The van der Waals surface area contributed by atoms with Crippen molar-refractivity contribution in [1.29, 1.82) is 0 Å². The maximum absolute atomic E-state index is 13.8. The summed E-state index contributed by atoms with van der Waals surface area (Å²) in [5.41, 5.74) is 2.33. The Kier molecular flexibility index (Phi) is 3.87. The van der Waals surface area contributed by atoms with Gasteiger partial charge >= 0.3 is 0 Å². The molecule has 0 amide bonds. The molecule has 1 aromatic heterocycles. The van der Waals surface area contributed by atoms with Gasteiger partial charge < -0.3 is 10.6 Å². The molecule has 4 nitrogen and oxygen atoms in total. The van der Waals surface area contributed by atoms with E-state index in [4.69, 9.17) is 0 Å². The van der Waals surface area contributed by atoms with Crippen molar-refractivity contribution in [2.45, 2.75) is 13.5 Å². The van der Waals surface area contributed by atoms with Gasteiger partial charge in [-0.25, -0.2) is 9.37 Å². The molecular formula is C17H16FN4. The molecule has 2 aromatic carbocycles. The maximum Gasteiger partial charge on any atom is 0.224 e. The Bertz CT molecular complexity index is 817. The Morgan fingerprint density at radius 1 is 1.23 bits per heavy atom. The van der Waals surface area contributed by atoms with Gasteiger partial charge in [-0.1, -0.05) is 18.2 Å². The number of anilines is 2. The van der Waals surface area contributed by atoms with Crippen LogP contribution in [-0.4, -0.2) is 17.0 Å². The van der Waals surface area contributed by atoms with Gasteiger partial charge in [-0.15, -0.1) is 0 Å². The van der Waals surface area contributed by atoms with Crippen LogP contribution in [-0.2, 0) is 6.54 Å². The van der Waals surface area contributed by atoms with Crippen molar-refractivity contribution in [3.8, 4) is 0 Å². The molecule has 3 rings (SSSR count). The van der Waals surface area contributed by atoms with E-state index in [-0.39, 0.29) is 5.82 Å². The zero-order valence-corrected chi connectivity index (χ0v) is 12.4. The molecule has 111 valence electrons. The summed E-state index contributed by atoms with van der Waals surface area (Å²) in [5, 5.41) is 7.04. The minimum absolute atomic E-state index is 0.273. The summed E-state index contributed by atoms with van der Waals surface area (Å²) in [6.45, 7) is 2.24. The molecule has 0 bridgehead atoms. The molecular weight excluding hydrogens is 279 g/mol. The molecule has 0 atom stereocenters. The molecule has 0 fully saturated rings. The van der Waals surface area contributed by atoms with Crippen LogP contribution in [0.5, 0.6) is 0 Å². The van der Waals surface area contributed by atoms with E-state index in [0.717, 1.165) is 16.5 Å². The summed E-state index contributed by atoms with van der Waals surface area (Å²) in [4.78, 5) is 8.82. The maximum atomic E-state index is 13.8. The number of aromatic nitrogens is 2. The molecule has 5 heteroatoms. The second-order valence-corrected chi connectivity index (χ2v) is 5.01. The number of fused-ring (bicyclic) bond motifs is 1. The molecule has 2 N–H and O–H groups in total. The number of benzene rings is 2. The molecule has 0 aliphatic rings. The number of aryl methyl sites for hydroxylation is 1. The summed E-state index contributed by atoms with van der Waals surface area (Å²) in [6.07, 6.45) is 0. The fraction of sp³-hybridized carbons (Fsp3) is 0.176. The minimum Gasteiger partial charge on any atom is -0.365 e. The van der Waals surface area contributed by atoms with Crippen molar-refractivity contribution >= 4 is 22.7 Å². The predicted molar refractivity (Wildman–Crippen MR) is 86.4 cm³/mol. The third kappa shape index (κ3) is 2.83. The van der Waals surface area contributed by atoms with Crippen molar-refractivity contribution in [3.63, 3.8) is 0 Å². The summed E-state index contributed by atoms with van der Waals surface area (Å²) >= 11 is 0. The number of para-hydroxylation sites is 1. The van der Waals surface area contributed by atoms with E-state index < -0.39 is 0 Å². The van der Waals surface area contributed by atoms with Crippen LogP contribution in [0, 0.1) is 18.8 Å². The van der Waals surface area contributed by atoms with Crippen LogP contribution in [0.4, 0.5) is 16.2 Å². The standard InChI is InChI=1S/C17H16FN4/c1-11-7-8-14(18)12(9-11)10-20-16-13-5-3-4-6-15(13)21-17(19-2)22-16/h3-6,8-9H,10H2,1-2H3,(H2,19,20,21,22). The number of rotatable bonds is 4. The minimum atomic E-state index is -0.273. The monoisotopic (exact) mass is 295 g/mol. The predicted octanol–water partition coefficient (Wildman–Crippen LogP) is 3.53. The molecule has 1 radical (unpaired) electrons. The highest BCUT2D eigenvalue weighted by Gasteiger charge is 2.08. The van der Waals surface area contributed by atoms with Gasteiger partial charge in [0.05, 0.1) is 5.52 Å². The Morgan fingerprint density at radius 3 is 2.86 bits per heavy atom. The second-order valence-electron chi connectivity index (χ2n) is 5.01. The largest absolute Gasteiger partial charge is 0.365 e. The molecule has 0 spiro atoms. The van der Waals surface area contributed by atoms with E-state index in [9.17, 15) is 4.39 Å². The van der Waals surface area contributed by atoms with Crippen molar-refractivity contribution in [3.05, 3.63) is 59.4 Å². The highest BCUT2D eigenvalue weighted by atomic mass is 19.1. The number of hydrogen-bond donors (Lipinski definition) is 2. The smallest absolute Gasteiger partial charge is 0.224 e. The van der Waals surface area contributed by atoms with Gasteiger partial charge in [0.15, 0.2) is 0 Å². The van der Waals surface area contributed by atoms with Crippen molar-refractivity contribution in [2.24, 2.45) is 0 Å². The van der Waals surface area contributed by atoms with Crippen LogP contribution in [0.15, 0.2) is 36.4 Å². The van der Waals surface area contributed by atoms with Gasteiger partial charge in [-0.3, -0.25) is 0 Å². The van der Waals surface area contributed by atoms with Gasteiger partial charge in [0.1, 0.15) is 11.6 Å². The Balaban J connectivity index is 1.94. The average Bonchev–Trinajstić information content (AvgIpc) is 2.55. The van der Waals surface area contributed by atoms with Crippen LogP contribution in [0.3, 0.4) is 0 Å². The average molecular weight is 295 g/mol. The van der Waals surface area contributed by atoms with Crippen molar-refractivity contribution < 1.29 is 4.39 Å². The van der Waals surface area contributed by atoms with Crippen molar-refractivity contribution in [2.75, 3.05) is 17.7 Å². The Hall–Kier alpha value is -2.69. The zero-order valence-electron chi connectivity index (χ0n) is 12.4. The van der Waals surface area contributed by atoms with Gasteiger partial charge in [-0.05, 0) is 36.8 Å². The zero-order chi connectivity index (χ0) is 15.5. The number of nitrogens with one attached hydrogen (secondary N) is 2. The molecule has 0 saturated carbocycles. The van der Waals surface area contributed by atoms with Crippen molar-refractivity contribution in [1.82, 2.24) is 9.97 Å². The second kappa shape index (κ2) is 5.97. The van der Waals surface area contributed by atoms with Gasteiger partial charge in [0, 0.05) is 24.5 Å². The number of hydrogen-bond acceptors (Lipinski definition) is 4.